The smallest absolute Gasteiger partial charge is 0.251 e. The lowest BCUT2D eigenvalue weighted by Gasteiger charge is -2.24. The summed E-state index contributed by atoms with van der Waals surface area (Å²) in [7, 11) is 0. The summed E-state index contributed by atoms with van der Waals surface area (Å²) in [5, 5.41) is 39.6. The Balaban J connectivity index is 2.92. The third-order valence-corrected chi connectivity index (χ3v) is 9.16. The van der Waals surface area contributed by atoms with Crippen LogP contribution in [0.2, 0.25) is 0 Å². The van der Waals surface area contributed by atoms with Gasteiger partial charge in [0.1, 0.15) is 11.8 Å². The van der Waals surface area contributed by atoms with Crippen molar-refractivity contribution in [3.8, 4) is 0 Å². The molecule has 0 aliphatic heterocycles. The second-order valence-electron chi connectivity index (χ2n) is 13.1. The van der Waals surface area contributed by atoms with Gasteiger partial charge in [0.2, 0.25) is 23.6 Å². The molecule has 0 radical (unpaired) electrons. The summed E-state index contributed by atoms with van der Waals surface area (Å²) < 4.78 is 0.816. The van der Waals surface area contributed by atoms with Crippen molar-refractivity contribution in [2.45, 2.75) is 90.3 Å². The van der Waals surface area contributed by atoms with Crippen LogP contribution in [0.25, 0.3) is 0 Å². The Morgan fingerprint density at radius 2 is 1.19 bits per heavy atom. The largest absolute Gasteiger partial charge is 0.396 e. The lowest BCUT2D eigenvalue weighted by molar-refractivity contribution is -0.137. The number of primary amides is 1. The van der Waals surface area contributed by atoms with Crippen LogP contribution in [-0.2, 0) is 38.4 Å². The van der Waals surface area contributed by atoms with Crippen molar-refractivity contribution in [2.24, 2.45) is 23.5 Å². The molecule has 0 unspecified atom stereocenters. The van der Waals surface area contributed by atoms with Crippen molar-refractivity contribution in [1.82, 2.24) is 21.3 Å². The molecule has 1 aromatic carbocycles. The van der Waals surface area contributed by atoms with Crippen LogP contribution in [0.1, 0.15) is 82.5 Å². The quantitative estimate of drug-likeness (QED) is 0.0517. The molecule has 1 rings (SSSR count). The Morgan fingerprint density at radius 3 is 1.67 bits per heavy atom. The number of carbonyl (C=O) groups is 9. The number of rotatable bonds is 27. The van der Waals surface area contributed by atoms with E-state index >= 15 is 0 Å². The first-order valence-electron chi connectivity index (χ1n) is 17.5. The van der Waals surface area contributed by atoms with Crippen molar-refractivity contribution in [2.75, 3.05) is 26.4 Å². The van der Waals surface area contributed by atoms with Gasteiger partial charge in [0.15, 0.2) is 17.3 Å². The molecule has 0 aliphatic carbocycles. The first-order valence-corrected chi connectivity index (χ1v) is 18.3. The van der Waals surface area contributed by atoms with E-state index in [1.54, 1.807) is 31.2 Å². The zero-order chi connectivity index (χ0) is 41.0. The zero-order valence-corrected chi connectivity index (χ0v) is 32.3. The van der Waals surface area contributed by atoms with Crippen molar-refractivity contribution in [1.29, 1.82) is 0 Å². The number of aliphatic hydroxyl groups excluding tert-OH is 3. The fourth-order valence-corrected chi connectivity index (χ4v) is 5.45. The molecule has 18 heteroatoms. The molecule has 0 aliphatic rings. The average molecular weight is 827 g/mol. The van der Waals surface area contributed by atoms with E-state index in [0.717, 1.165) is 11.4 Å². The van der Waals surface area contributed by atoms with Crippen molar-refractivity contribution < 1.29 is 58.5 Å². The van der Waals surface area contributed by atoms with E-state index in [2.05, 4.69) is 37.2 Å². The van der Waals surface area contributed by atoms with E-state index in [0.29, 0.717) is 18.4 Å². The molecule has 0 fully saturated rings. The van der Waals surface area contributed by atoms with Crippen LogP contribution < -0.4 is 27.0 Å². The number of hydrogen-bond donors (Lipinski definition) is 8. The van der Waals surface area contributed by atoms with Gasteiger partial charge in [-0.15, -0.1) is 0 Å². The molecular weight excluding hydrogens is 774 g/mol. The maximum atomic E-state index is 13.3. The number of benzene rings is 1. The van der Waals surface area contributed by atoms with Gasteiger partial charge in [-0.05, 0) is 56.9 Å². The third kappa shape index (κ3) is 17.6. The van der Waals surface area contributed by atoms with E-state index in [9.17, 15) is 58.5 Å². The van der Waals surface area contributed by atoms with Gasteiger partial charge in [0, 0.05) is 55.1 Å². The molecule has 0 spiro atoms. The fraction of sp³-hybridized carbons (Fsp3) is 0.583. The van der Waals surface area contributed by atoms with Gasteiger partial charge in [-0.25, -0.2) is 0 Å². The lowest BCUT2D eigenvalue weighted by atomic mass is 9.93. The number of Topliss-reactive ketones (excluding diaryl/α,β-unsaturated/α-hetero) is 4. The minimum atomic E-state index is -1.61. The van der Waals surface area contributed by atoms with Crippen LogP contribution >= 0.6 is 15.9 Å². The highest BCUT2D eigenvalue weighted by Crippen LogP contribution is 2.15. The second kappa shape index (κ2) is 24.8. The first kappa shape index (κ1) is 47.6. The molecule has 17 nitrogen and oxygen atoms in total. The molecule has 6 atom stereocenters. The van der Waals surface area contributed by atoms with Crippen LogP contribution in [-0.4, -0.2) is 112 Å². The van der Waals surface area contributed by atoms with Gasteiger partial charge in [0.25, 0.3) is 5.91 Å². The molecule has 0 saturated carbocycles. The average Bonchev–Trinajstić information content (AvgIpc) is 3.12. The van der Waals surface area contributed by atoms with Gasteiger partial charge < -0.3 is 42.3 Å². The van der Waals surface area contributed by atoms with E-state index in [4.69, 9.17) is 5.73 Å². The minimum Gasteiger partial charge on any atom is -0.396 e. The lowest BCUT2D eigenvalue weighted by Crippen LogP contribution is -2.50. The molecule has 0 saturated heterocycles. The van der Waals surface area contributed by atoms with Gasteiger partial charge in [0.05, 0.1) is 43.7 Å². The fourth-order valence-electron chi connectivity index (χ4n) is 5.18. The highest BCUT2D eigenvalue weighted by atomic mass is 79.9. The topological polar surface area (TPSA) is 288 Å². The molecule has 300 valence electrons. The number of unbranched alkanes of at least 4 members (excludes halogenated alkanes) is 1. The van der Waals surface area contributed by atoms with Gasteiger partial charge in [-0.1, -0.05) is 22.9 Å². The zero-order valence-electron chi connectivity index (χ0n) is 30.7. The summed E-state index contributed by atoms with van der Waals surface area (Å²) in [5.74, 6) is -9.19. The predicted molar refractivity (Wildman–Crippen MR) is 197 cm³/mol. The number of ketones is 4. The molecular formula is C36H52BrN5O12. The van der Waals surface area contributed by atoms with E-state index in [1.807, 2.05) is 0 Å². The predicted octanol–water partition coefficient (Wildman–Crippen LogP) is -0.599. The van der Waals surface area contributed by atoms with Gasteiger partial charge in [-0.3, -0.25) is 43.2 Å². The van der Waals surface area contributed by atoms with Crippen molar-refractivity contribution >= 4 is 68.6 Å². The monoisotopic (exact) mass is 825 g/mol. The van der Waals surface area contributed by atoms with Crippen LogP contribution in [0.3, 0.4) is 0 Å². The number of carbonyl (C=O) groups excluding carboxylic acids is 9. The number of nitrogens with one attached hydrogen (secondary N) is 4. The van der Waals surface area contributed by atoms with E-state index in [1.165, 1.54) is 6.92 Å². The Kier molecular flexibility index (Phi) is 21.9. The highest BCUT2D eigenvalue weighted by Gasteiger charge is 2.33. The summed E-state index contributed by atoms with van der Waals surface area (Å²) in [5.41, 5.74) is 5.58. The molecule has 54 heavy (non-hydrogen) atoms. The minimum absolute atomic E-state index is 0.122. The Hall–Kier alpha value is -4.39. The SMILES string of the molecule is CC(=O)N[C@@H](CCC(N)=O)C(=O)C[C@@H](CO)C(=O)N[C@@H](CO)C(=O)C[C@@H](CO)C(=O)N[C@@H](CCCCNC(=O)c1ccc(Br)cc1)C(=O)C[C@@H](C)C(C)=O. The number of aliphatic hydroxyl groups is 3. The summed E-state index contributed by atoms with van der Waals surface area (Å²) in [6, 6.07) is 2.88. The molecule has 0 aromatic heterocycles. The number of hydrogen-bond acceptors (Lipinski definition) is 12. The second-order valence-corrected chi connectivity index (χ2v) is 14.0. The Morgan fingerprint density at radius 1 is 0.685 bits per heavy atom. The summed E-state index contributed by atoms with van der Waals surface area (Å²) >= 11 is 3.31. The molecule has 1 aromatic rings. The summed E-state index contributed by atoms with van der Waals surface area (Å²) in [6.45, 7) is 1.67. The number of nitrogens with two attached hydrogens (primary N) is 1. The number of amides is 5. The highest BCUT2D eigenvalue weighted by molar-refractivity contribution is 9.10. The van der Waals surface area contributed by atoms with Crippen LogP contribution in [0, 0.1) is 17.8 Å². The van der Waals surface area contributed by atoms with E-state index < -0.39 is 110 Å². The Labute approximate surface area is 322 Å². The third-order valence-electron chi connectivity index (χ3n) is 8.63. The molecule has 0 bridgehead atoms. The van der Waals surface area contributed by atoms with Crippen LogP contribution in [0.4, 0.5) is 0 Å². The maximum absolute atomic E-state index is 13.3. The molecule has 0 heterocycles. The normalized spacial score (nSPS) is 14.3. The maximum Gasteiger partial charge on any atom is 0.251 e. The first-order chi connectivity index (χ1) is 25.4. The molecule has 9 N–H and O–H groups in total. The standard InChI is InChI=1S/C36H52BrN5O12/c1-20(21(2)46)14-30(48)27(6-4-5-13-39-34(52)23-7-9-26(37)10-8-23)41-35(53)25(18-44)16-32(50)29(19-45)42-36(54)24(17-43)15-31(49)28(40-22(3)47)11-12-33(38)51/h7-10,20,24-25,27-29,43-45H,4-6,11-19H2,1-3H3,(H2,38,51)(H,39,52)(H,40,47)(H,41,53)(H,42,54)/t20-,24+,25+,27+,28+,29+/m1/s1. The molecule has 5 amide bonds. The van der Waals surface area contributed by atoms with Gasteiger partial charge in [-0.2, -0.15) is 0 Å². The van der Waals surface area contributed by atoms with Crippen LogP contribution in [0.5, 0.6) is 0 Å². The van der Waals surface area contributed by atoms with E-state index in [-0.39, 0.29) is 43.9 Å². The van der Waals surface area contributed by atoms with Crippen molar-refractivity contribution in [3.63, 3.8) is 0 Å². The summed E-state index contributed by atoms with van der Waals surface area (Å²) in [4.78, 5) is 112. The number of halogens is 1. The summed E-state index contributed by atoms with van der Waals surface area (Å²) in [6.07, 6.45) is -0.915. The van der Waals surface area contributed by atoms with Gasteiger partial charge >= 0.3 is 0 Å². The Bertz CT molecular complexity index is 1490. The van der Waals surface area contributed by atoms with Crippen LogP contribution in [0.15, 0.2) is 28.7 Å². The van der Waals surface area contributed by atoms with Crippen molar-refractivity contribution in [3.05, 3.63) is 34.3 Å².